The molecule has 0 aliphatic carbocycles. The predicted molar refractivity (Wildman–Crippen MR) is 79.0 cm³/mol. The van der Waals surface area contributed by atoms with E-state index in [-0.39, 0.29) is 20.7 Å². The zero-order valence-corrected chi connectivity index (χ0v) is 13.5. The topological polar surface area (TPSA) is 72.5 Å². The second-order valence-corrected chi connectivity index (χ2v) is 8.09. The molecule has 1 N–H and O–H groups in total. The zero-order valence-electron chi connectivity index (χ0n) is 10.3. The average Bonchev–Trinajstić information content (AvgIpc) is 3.04. The fourth-order valence-corrected chi connectivity index (χ4v) is 4.91. The number of thiophene rings is 2. The van der Waals surface area contributed by atoms with Gasteiger partial charge in [-0.25, -0.2) is 17.9 Å². The van der Waals surface area contributed by atoms with Gasteiger partial charge in [0, 0.05) is 11.4 Å². The van der Waals surface area contributed by atoms with Crippen LogP contribution in [0.4, 0.5) is 0 Å². The fourth-order valence-electron chi connectivity index (χ4n) is 1.44. The number of carbonyl (C=O) groups is 1. The number of esters is 1. The molecule has 2 aromatic rings. The lowest BCUT2D eigenvalue weighted by Gasteiger charge is -2.05. The lowest BCUT2D eigenvalue weighted by Crippen LogP contribution is -2.24. The molecule has 0 bridgehead atoms. The maximum atomic E-state index is 12.2. The quantitative estimate of drug-likeness (QED) is 0.841. The third kappa shape index (κ3) is 3.39. The Balaban J connectivity index is 2.27. The molecular weight excluding hydrogens is 342 g/mol. The number of hydrogen-bond acceptors (Lipinski definition) is 6. The Hall–Kier alpha value is -0.930. The molecule has 108 valence electrons. The van der Waals surface area contributed by atoms with Crippen LogP contribution in [-0.2, 0) is 21.3 Å². The molecule has 2 heterocycles. The van der Waals surface area contributed by atoms with Gasteiger partial charge in [-0.1, -0.05) is 17.7 Å². The van der Waals surface area contributed by atoms with Gasteiger partial charge in [0.25, 0.3) is 0 Å². The van der Waals surface area contributed by atoms with Crippen LogP contribution in [0.25, 0.3) is 0 Å². The highest BCUT2D eigenvalue weighted by atomic mass is 35.5. The van der Waals surface area contributed by atoms with Crippen LogP contribution >= 0.6 is 34.3 Å². The highest BCUT2D eigenvalue weighted by Crippen LogP contribution is 2.30. The maximum absolute atomic E-state index is 12.2. The van der Waals surface area contributed by atoms with E-state index in [9.17, 15) is 13.2 Å². The molecule has 0 aliphatic heterocycles. The molecule has 0 aromatic carbocycles. The number of ether oxygens (including phenoxy) is 1. The molecule has 0 spiro atoms. The summed E-state index contributed by atoms with van der Waals surface area (Å²) in [6.45, 7) is 0.161. The Morgan fingerprint density at radius 2 is 2.25 bits per heavy atom. The molecule has 0 atom stereocenters. The first-order valence-electron chi connectivity index (χ1n) is 5.33. The van der Waals surface area contributed by atoms with Gasteiger partial charge in [-0.3, -0.25) is 0 Å². The van der Waals surface area contributed by atoms with Crippen molar-refractivity contribution in [3.05, 3.63) is 37.7 Å². The van der Waals surface area contributed by atoms with Gasteiger partial charge < -0.3 is 4.74 Å². The SMILES string of the molecule is COC(=O)c1sc(Cl)cc1S(=O)(=O)NCc1cccs1. The van der Waals surface area contributed by atoms with E-state index in [2.05, 4.69) is 9.46 Å². The van der Waals surface area contributed by atoms with E-state index < -0.39 is 16.0 Å². The van der Waals surface area contributed by atoms with Crippen LogP contribution < -0.4 is 4.72 Å². The van der Waals surface area contributed by atoms with Crippen molar-refractivity contribution in [2.45, 2.75) is 11.4 Å². The second kappa shape index (κ2) is 6.23. The third-order valence-electron chi connectivity index (χ3n) is 2.34. The summed E-state index contributed by atoms with van der Waals surface area (Å²) in [5.74, 6) is -0.724. The van der Waals surface area contributed by atoms with Crippen molar-refractivity contribution in [2.24, 2.45) is 0 Å². The Labute approximate surface area is 129 Å². The minimum absolute atomic E-state index is 0.0313. The van der Waals surface area contributed by atoms with Gasteiger partial charge in [0.15, 0.2) is 0 Å². The maximum Gasteiger partial charge on any atom is 0.349 e. The number of hydrogen-bond donors (Lipinski definition) is 1. The average molecular weight is 352 g/mol. The molecule has 0 fully saturated rings. The summed E-state index contributed by atoms with van der Waals surface area (Å²) >= 11 is 8.10. The molecule has 0 unspecified atom stereocenters. The largest absolute Gasteiger partial charge is 0.465 e. The standard InChI is InChI=1S/C11H10ClNO4S3/c1-17-11(14)10-8(5-9(12)19-10)20(15,16)13-6-7-3-2-4-18-7/h2-5,13H,6H2,1H3. The van der Waals surface area contributed by atoms with Crippen LogP contribution in [0.15, 0.2) is 28.5 Å². The number of sulfonamides is 1. The zero-order chi connectivity index (χ0) is 14.8. The number of halogens is 1. The molecule has 0 saturated heterocycles. The first kappa shape index (κ1) is 15.5. The van der Waals surface area contributed by atoms with E-state index in [0.29, 0.717) is 0 Å². The number of carbonyl (C=O) groups excluding carboxylic acids is 1. The van der Waals surface area contributed by atoms with Gasteiger partial charge in [-0.05, 0) is 17.5 Å². The molecule has 2 rings (SSSR count). The van der Waals surface area contributed by atoms with Gasteiger partial charge in [-0.2, -0.15) is 0 Å². The van der Waals surface area contributed by atoms with Crippen LogP contribution in [0, 0.1) is 0 Å². The molecular formula is C11H10ClNO4S3. The van der Waals surface area contributed by atoms with E-state index in [1.165, 1.54) is 24.5 Å². The summed E-state index contributed by atoms with van der Waals surface area (Å²) in [7, 11) is -2.63. The van der Waals surface area contributed by atoms with E-state index in [1.54, 1.807) is 0 Å². The minimum Gasteiger partial charge on any atom is -0.465 e. The molecule has 0 amide bonds. The summed E-state index contributed by atoms with van der Waals surface area (Å²) in [4.78, 5) is 12.2. The first-order chi connectivity index (χ1) is 9.44. The van der Waals surface area contributed by atoms with Crippen molar-refractivity contribution in [3.63, 3.8) is 0 Å². The Kier molecular flexibility index (Phi) is 4.82. The van der Waals surface area contributed by atoms with Gasteiger partial charge in [0.1, 0.15) is 9.77 Å². The van der Waals surface area contributed by atoms with Crippen LogP contribution in [0.3, 0.4) is 0 Å². The highest BCUT2D eigenvalue weighted by molar-refractivity contribution is 7.89. The third-order valence-corrected chi connectivity index (χ3v) is 6.02. The molecule has 9 heteroatoms. The molecule has 5 nitrogen and oxygen atoms in total. The van der Waals surface area contributed by atoms with Crippen LogP contribution in [-0.4, -0.2) is 21.5 Å². The number of methoxy groups -OCH3 is 1. The summed E-state index contributed by atoms with van der Waals surface area (Å²) in [5, 5.41) is 1.85. The summed E-state index contributed by atoms with van der Waals surface area (Å²) < 4.78 is 31.6. The van der Waals surface area contributed by atoms with Crippen LogP contribution in [0.2, 0.25) is 4.34 Å². The molecule has 0 aliphatic rings. The summed E-state index contributed by atoms with van der Waals surface area (Å²) in [6, 6.07) is 4.89. The Morgan fingerprint density at radius 1 is 1.50 bits per heavy atom. The van der Waals surface area contributed by atoms with Crippen molar-refractivity contribution in [1.82, 2.24) is 4.72 Å². The van der Waals surface area contributed by atoms with Gasteiger partial charge in [0.2, 0.25) is 10.0 Å². The smallest absolute Gasteiger partial charge is 0.349 e. The van der Waals surface area contributed by atoms with Gasteiger partial charge in [-0.15, -0.1) is 22.7 Å². The van der Waals surface area contributed by atoms with Crippen molar-refractivity contribution in [2.75, 3.05) is 7.11 Å². The minimum atomic E-state index is -3.82. The Bertz CT molecular complexity index is 706. The van der Waals surface area contributed by atoms with Crippen molar-refractivity contribution >= 4 is 50.3 Å². The van der Waals surface area contributed by atoms with E-state index in [0.717, 1.165) is 16.2 Å². The normalized spacial score (nSPS) is 11.5. The van der Waals surface area contributed by atoms with E-state index in [4.69, 9.17) is 11.6 Å². The van der Waals surface area contributed by atoms with E-state index in [1.807, 2.05) is 17.5 Å². The second-order valence-electron chi connectivity index (χ2n) is 3.64. The lowest BCUT2D eigenvalue weighted by atomic mass is 10.5. The predicted octanol–water partition coefficient (Wildman–Crippen LogP) is 2.73. The number of nitrogens with one attached hydrogen (secondary N) is 1. The van der Waals surface area contributed by atoms with Crippen LogP contribution in [0.5, 0.6) is 0 Å². The fraction of sp³-hybridized carbons (Fsp3) is 0.182. The van der Waals surface area contributed by atoms with Crippen molar-refractivity contribution < 1.29 is 17.9 Å². The first-order valence-corrected chi connectivity index (χ1v) is 8.89. The van der Waals surface area contributed by atoms with Crippen molar-refractivity contribution in [1.29, 1.82) is 0 Å². The molecule has 0 saturated carbocycles. The molecule has 2 aromatic heterocycles. The Morgan fingerprint density at radius 3 is 2.85 bits per heavy atom. The van der Waals surface area contributed by atoms with Crippen molar-refractivity contribution in [3.8, 4) is 0 Å². The van der Waals surface area contributed by atoms with E-state index >= 15 is 0 Å². The number of rotatable bonds is 5. The monoisotopic (exact) mass is 351 g/mol. The molecule has 20 heavy (non-hydrogen) atoms. The van der Waals surface area contributed by atoms with Gasteiger partial charge >= 0.3 is 5.97 Å². The summed E-state index contributed by atoms with van der Waals surface area (Å²) in [5.41, 5.74) is 0. The van der Waals surface area contributed by atoms with Crippen LogP contribution in [0.1, 0.15) is 14.5 Å². The van der Waals surface area contributed by atoms with Gasteiger partial charge in [0.05, 0.1) is 11.4 Å². The lowest BCUT2D eigenvalue weighted by molar-refractivity contribution is 0.0602. The summed E-state index contributed by atoms with van der Waals surface area (Å²) in [6.07, 6.45) is 0. The molecule has 0 radical (unpaired) electrons. The highest BCUT2D eigenvalue weighted by Gasteiger charge is 2.26.